The molecular weight excluding hydrogens is 738 g/mol. The number of aliphatic hydroxyl groups is 6. The zero-order valence-corrected chi connectivity index (χ0v) is 31.3. The molecule has 0 bridgehead atoms. The lowest BCUT2D eigenvalue weighted by molar-refractivity contribution is -0.355. The van der Waals surface area contributed by atoms with Crippen LogP contribution in [0.4, 0.5) is 4.79 Å². The molecule has 17 heteroatoms. The minimum absolute atomic E-state index is 0.0184. The lowest BCUT2D eigenvalue weighted by atomic mass is 9.85. The molecule has 0 spiro atoms. The average molecular weight is 794 g/mol. The molecule has 6 rings (SSSR count). The summed E-state index contributed by atoms with van der Waals surface area (Å²) in [6, 6.07) is 13.5. The van der Waals surface area contributed by atoms with Crippen LogP contribution in [0.1, 0.15) is 57.4 Å². The third-order valence-electron chi connectivity index (χ3n) is 11.2. The van der Waals surface area contributed by atoms with E-state index in [2.05, 4.69) is 5.32 Å². The molecule has 0 aromatic heterocycles. The summed E-state index contributed by atoms with van der Waals surface area (Å²) in [7, 11) is 0. The minimum Gasteiger partial charge on any atom is -0.479 e. The number of carboxylic acid groups (broad SMARTS) is 1. The summed E-state index contributed by atoms with van der Waals surface area (Å²) in [5, 5.41) is 79.0. The van der Waals surface area contributed by atoms with Crippen molar-refractivity contribution in [1.82, 2.24) is 5.32 Å². The van der Waals surface area contributed by atoms with Crippen LogP contribution in [0, 0.1) is 5.92 Å². The summed E-state index contributed by atoms with van der Waals surface area (Å²) >= 11 is 0. The number of carbonyl (C=O) groups excluding carboxylic acids is 1. The molecule has 2 aromatic carbocycles. The quantitative estimate of drug-likeness (QED) is 0.131. The Labute approximate surface area is 324 Å². The largest absolute Gasteiger partial charge is 0.479 e. The van der Waals surface area contributed by atoms with Crippen molar-refractivity contribution in [2.45, 2.75) is 144 Å². The zero-order valence-electron chi connectivity index (χ0n) is 31.3. The van der Waals surface area contributed by atoms with Crippen LogP contribution in [-0.4, -0.2) is 153 Å². The standard InChI is InChI=1S/C39H55NO16/c1-20-29(42)31(44)32(45)37(52-20)56-34-25(13-14-50-27(34)17-40-39(49)51-19-22-11-12-23-9-5-6-10-24(23)15-22)54-38-33(46)35(30(43)28(18-41)55-38)53-26(36(47)48)16-21-7-3-2-4-8-21/h5-6,9-12,15,20-21,25-35,37-38,41-46H,2-4,7-8,13-14,16-19H2,1H3,(H,40,49)(H,47,48)/t20-,25+,26-,27+,28+,29+,30-,31+,32-,33+,34-,35-,37-,38+/m0/s1. The Morgan fingerprint density at radius 2 is 1.55 bits per heavy atom. The number of alkyl carbamates (subject to hydrolysis) is 1. The second-order valence-corrected chi connectivity index (χ2v) is 15.2. The Morgan fingerprint density at radius 1 is 0.821 bits per heavy atom. The first kappa shape index (κ1) is 42.6. The normalized spacial score (nSPS) is 36.2. The number of carbonyl (C=O) groups is 2. The molecule has 4 fully saturated rings. The molecular formula is C39H55NO16. The molecule has 17 nitrogen and oxygen atoms in total. The van der Waals surface area contributed by atoms with Gasteiger partial charge in [-0.25, -0.2) is 9.59 Å². The first-order valence-corrected chi connectivity index (χ1v) is 19.4. The third-order valence-corrected chi connectivity index (χ3v) is 11.2. The van der Waals surface area contributed by atoms with Gasteiger partial charge in [-0.05, 0) is 48.1 Å². The van der Waals surface area contributed by atoms with Gasteiger partial charge < -0.3 is 74.2 Å². The Balaban J connectivity index is 1.16. The van der Waals surface area contributed by atoms with Crippen LogP contribution in [0.5, 0.6) is 0 Å². The van der Waals surface area contributed by atoms with Gasteiger partial charge in [0, 0.05) is 13.2 Å². The summed E-state index contributed by atoms with van der Waals surface area (Å²) in [6.07, 6.45) is -15.3. The Hall–Kier alpha value is -3.04. The summed E-state index contributed by atoms with van der Waals surface area (Å²) in [4.78, 5) is 25.2. The van der Waals surface area contributed by atoms with E-state index < -0.39 is 104 Å². The molecule has 1 saturated carbocycles. The molecule has 3 heterocycles. The Kier molecular flexibility index (Phi) is 14.9. The fourth-order valence-corrected chi connectivity index (χ4v) is 7.95. The second-order valence-electron chi connectivity index (χ2n) is 15.2. The van der Waals surface area contributed by atoms with Crippen molar-refractivity contribution in [3.05, 3.63) is 48.0 Å². The fraction of sp³-hybridized carbons (Fsp3) is 0.692. The van der Waals surface area contributed by atoms with Crippen LogP contribution in [0.15, 0.2) is 42.5 Å². The number of ether oxygens (including phenoxy) is 7. The van der Waals surface area contributed by atoms with E-state index in [-0.39, 0.29) is 38.5 Å². The summed E-state index contributed by atoms with van der Waals surface area (Å²) in [6.45, 7) is 0.624. The smallest absolute Gasteiger partial charge is 0.407 e. The van der Waals surface area contributed by atoms with E-state index in [1.54, 1.807) is 0 Å². The highest BCUT2D eigenvalue weighted by Crippen LogP contribution is 2.34. The van der Waals surface area contributed by atoms with E-state index in [0.29, 0.717) is 0 Å². The molecule has 2 aromatic rings. The molecule has 56 heavy (non-hydrogen) atoms. The van der Waals surface area contributed by atoms with Crippen molar-refractivity contribution in [2.75, 3.05) is 19.8 Å². The van der Waals surface area contributed by atoms with Crippen LogP contribution >= 0.6 is 0 Å². The Morgan fingerprint density at radius 3 is 2.29 bits per heavy atom. The monoisotopic (exact) mass is 793 g/mol. The summed E-state index contributed by atoms with van der Waals surface area (Å²) in [5.41, 5.74) is 0.768. The number of fused-ring (bicyclic) bond motifs is 1. The van der Waals surface area contributed by atoms with Crippen molar-refractivity contribution in [3.8, 4) is 0 Å². The van der Waals surface area contributed by atoms with Crippen molar-refractivity contribution in [3.63, 3.8) is 0 Å². The first-order chi connectivity index (χ1) is 26.9. The van der Waals surface area contributed by atoms with E-state index in [4.69, 9.17) is 33.2 Å². The van der Waals surface area contributed by atoms with E-state index in [1.165, 1.54) is 6.92 Å². The number of amides is 1. The van der Waals surface area contributed by atoms with E-state index in [9.17, 15) is 45.3 Å². The highest BCUT2D eigenvalue weighted by molar-refractivity contribution is 5.83. The van der Waals surface area contributed by atoms with Crippen LogP contribution in [0.2, 0.25) is 0 Å². The molecule has 0 unspecified atom stereocenters. The predicted molar refractivity (Wildman–Crippen MR) is 194 cm³/mol. The number of benzene rings is 2. The highest BCUT2D eigenvalue weighted by Gasteiger charge is 2.51. The number of aliphatic carboxylic acids is 1. The molecule has 312 valence electrons. The topological polar surface area (TPSA) is 252 Å². The lowest BCUT2D eigenvalue weighted by Crippen LogP contribution is -2.64. The van der Waals surface area contributed by atoms with Crippen molar-refractivity contribution in [2.24, 2.45) is 5.92 Å². The van der Waals surface area contributed by atoms with Crippen LogP contribution in [0.3, 0.4) is 0 Å². The van der Waals surface area contributed by atoms with Gasteiger partial charge in [0.05, 0.1) is 18.8 Å². The number of hydrogen-bond acceptors (Lipinski definition) is 15. The molecule has 1 aliphatic carbocycles. The van der Waals surface area contributed by atoms with Crippen molar-refractivity contribution in [1.29, 1.82) is 0 Å². The first-order valence-electron chi connectivity index (χ1n) is 19.4. The Bertz CT molecular complexity index is 1580. The average Bonchev–Trinajstić information content (AvgIpc) is 3.20. The number of aliphatic hydroxyl groups excluding tert-OH is 6. The maximum Gasteiger partial charge on any atom is 0.407 e. The van der Waals surface area contributed by atoms with Gasteiger partial charge in [-0.2, -0.15) is 0 Å². The van der Waals surface area contributed by atoms with Crippen LogP contribution < -0.4 is 5.32 Å². The highest BCUT2D eigenvalue weighted by atomic mass is 16.7. The van der Waals surface area contributed by atoms with Gasteiger partial charge in [0.1, 0.15) is 61.5 Å². The number of rotatable bonds is 14. The van der Waals surface area contributed by atoms with Gasteiger partial charge in [-0.15, -0.1) is 0 Å². The maximum absolute atomic E-state index is 12.9. The molecule has 8 N–H and O–H groups in total. The lowest BCUT2D eigenvalue weighted by Gasteiger charge is -2.47. The SMILES string of the molecule is C[C@@H]1O[C@@H](O[C@@H]2[C@@H](CNC(=O)OCc3ccc4ccccc4c3)OCC[C@H]2O[C@@H]2O[C@H](CO)[C@H](O)[C@H](O[C@@H](CC3CCCCC3)C(=O)O)[C@H]2O)[C@@H](O)[C@H](O)[C@@H]1O. The molecule has 1 amide bonds. The van der Waals surface area contributed by atoms with Gasteiger partial charge in [0.2, 0.25) is 0 Å². The molecule has 3 aliphatic heterocycles. The predicted octanol–water partition coefficient (Wildman–Crippen LogP) is 0.701. The van der Waals surface area contributed by atoms with E-state index in [1.807, 2.05) is 42.5 Å². The van der Waals surface area contributed by atoms with Crippen LogP contribution in [0.25, 0.3) is 10.8 Å². The van der Waals surface area contributed by atoms with Crippen LogP contribution in [-0.2, 0) is 44.6 Å². The van der Waals surface area contributed by atoms with Crippen molar-refractivity contribution < 1.29 is 78.5 Å². The number of nitrogens with one attached hydrogen (secondary N) is 1. The van der Waals surface area contributed by atoms with Gasteiger partial charge in [0.15, 0.2) is 18.7 Å². The number of hydrogen-bond donors (Lipinski definition) is 8. The fourth-order valence-electron chi connectivity index (χ4n) is 7.95. The molecule has 4 aliphatic rings. The van der Waals surface area contributed by atoms with Crippen molar-refractivity contribution >= 4 is 22.8 Å². The van der Waals surface area contributed by atoms with Gasteiger partial charge in [-0.1, -0.05) is 68.5 Å². The molecule has 14 atom stereocenters. The second kappa shape index (κ2) is 19.6. The van der Waals surface area contributed by atoms with E-state index >= 15 is 0 Å². The minimum atomic E-state index is -1.74. The maximum atomic E-state index is 12.9. The third kappa shape index (κ3) is 10.3. The summed E-state index contributed by atoms with van der Waals surface area (Å²) in [5.74, 6) is -1.16. The summed E-state index contributed by atoms with van der Waals surface area (Å²) < 4.78 is 41.3. The zero-order chi connectivity index (χ0) is 39.9. The number of carboxylic acids is 1. The van der Waals surface area contributed by atoms with Gasteiger partial charge in [0.25, 0.3) is 0 Å². The molecule has 3 saturated heterocycles. The van der Waals surface area contributed by atoms with Gasteiger partial charge >= 0.3 is 12.1 Å². The molecule has 0 radical (unpaired) electrons. The van der Waals surface area contributed by atoms with E-state index in [0.717, 1.165) is 48.4 Å². The van der Waals surface area contributed by atoms with Gasteiger partial charge in [-0.3, -0.25) is 0 Å².